The fourth-order valence-corrected chi connectivity index (χ4v) is 4.79. The van der Waals surface area contributed by atoms with E-state index in [1.807, 2.05) is 26.0 Å². The third-order valence-electron chi connectivity index (χ3n) is 7.46. The van der Waals surface area contributed by atoms with Gasteiger partial charge in [-0.05, 0) is 53.4 Å². The number of aliphatic hydroxyl groups excluding tert-OH is 5. The molecule has 10 atom stereocenters. The molecule has 2 aliphatic heterocycles. The van der Waals surface area contributed by atoms with Crippen molar-refractivity contribution in [3.05, 3.63) is 34.9 Å². The summed E-state index contributed by atoms with van der Waals surface area (Å²) in [6, 6.07) is 0. The molecule has 10 unspecified atom stereocenters. The lowest BCUT2D eigenvalue weighted by molar-refractivity contribution is -0.328. The standard InChI is InChI=1S/C31H50O13/c1-17(10-8-12-19(3)15-32)9-7-11-18(2)13-14-39-30-27(38)26(37)25(36)23(44-30)16-40-31-29(43-22(6)34)28(42-21(5)33)24(35)20(4)41-31/h9,12-13,20,23-32,35-38H,7-8,10-11,14-16H2,1-6H3. The number of rotatable bonds is 15. The van der Waals surface area contributed by atoms with Crippen molar-refractivity contribution in [2.24, 2.45) is 0 Å². The molecule has 2 saturated heterocycles. The van der Waals surface area contributed by atoms with E-state index in [2.05, 4.69) is 13.0 Å². The van der Waals surface area contributed by atoms with Crippen LogP contribution >= 0.6 is 0 Å². The zero-order valence-electron chi connectivity index (χ0n) is 26.5. The summed E-state index contributed by atoms with van der Waals surface area (Å²) in [5, 5.41) is 51.0. The Labute approximate surface area is 259 Å². The molecule has 0 aromatic carbocycles. The highest BCUT2D eigenvalue weighted by molar-refractivity contribution is 5.67. The second-order valence-electron chi connectivity index (χ2n) is 11.4. The summed E-state index contributed by atoms with van der Waals surface area (Å²) in [4.78, 5) is 23.4. The molecule has 2 aliphatic rings. The van der Waals surface area contributed by atoms with Crippen LogP contribution in [0.2, 0.25) is 0 Å². The summed E-state index contributed by atoms with van der Waals surface area (Å²) >= 11 is 0. The second-order valence-corrected chi connectivity index (χ2v) is 11.4. The number of carbonyl (C=O) groups is 2. The number of hydrogen-bond donors (Lipinski definition) is 5. The van der Waals surface area contributed by atoms with Crippen LogP contribution in [0, 0.1) is 0 Å². The molecule has 2 heterocycles. The Morgan fingerprint density at radius 3 is 1.84 bits per heavy atom. The largest absolute Gasteiger partial charge is 0.455 e. The van der Waals surface area contributed by atoms with Crippen molar-refractivity contribution in [3.8, 4) is 0 Å². The topological polar surface area (TPSA) is 191 Å². The van der Waals surface area contributed by atoms with Gasteiger partial charge in [0, 0.05) is 13.8 Å². The van der Waals surface area contributed by atoms with Crippen LogP contribution in [0.4, 0.5) is 0 Å². The maximum atomic E-state index is 11.7. The number of esters is 2. The zero-order chi connectivity index (χ0) is 33.0. The quantitative estimate of drug-likeness (QED) is 0.128. The fourth-order valence-electron chi connectivity index (χ4n) is 4.79. The van der Waals surface area contributed by atoms with Gasteiger partial charge in [0.15, 0.2) is 24.8 Å². The fraction of sp³-hybridized carbons (Fsp3) is 0.742. The first-order chi connectivity index (χ1) is 20.7. The van der Waals surface area contributed by atoms with E-state index >= 15 is 0 Å². The average Bonchev–Trinajstić information content (AvgIpc) is 2.96. The van der Waals surface area contributed by atoms with Gasteiger partial charge in [0.1, 0.15) is 30.5 Å². The number of hydrogen-bond acceptors (Lipinski definition) is 13. The molecule has 2 rings (SSSR count). The minimum atomic E-state index is -1.61. The number of ether oxygens (including phenoxy) is 6. The van der Waals surface area contributed by atoms with Gasteiger partial charge in [-0.2, -0.15) is 0 Å². The first-order valence-corrected chi connectivity index (χ1v) is 14.9. The molecular weight excluding hydrogens is 580 g/mol. The second kappa shape index (κ2) is 18.7. The van der Waals surface area contributed by atoms with E-state index < -0.39 is 80.0 Å². The summed E-state index contributed by atoms with van der Waals surface area (Å²) < 4.78 is 33.2. The highest BCUT2D eigenvalue weighted by Gasteiger charge is 2.50. The van der Waals surface area contributed by atoms with Crippen molar-refractivity contribution >= 4 is 11.9 Å². The molecule has 13 heteroatoms. The smallest absolute Gasteiger partial charge is 0.303 e. The van der Waals surface area contributed by atoms with Crippen molar-refractivity contribution < 1.29 is 63.5 Å². The molecule has 0 saturated carbocycles. The normalized spacial score (nSPS) is 33.7. The lowest BCUT2D eigenvalue weighted by Gasteiger charge is -2.43. The molecule has 0 aromatic rings. The van der Waals surface area contributed by atoms with E-state index in [1.165, 1.54) is 12.5 Å². The summed E-state index contributed by atoms with van der Waals surface area (Å²) in [6.07, 6.45) is -3.77. The van der Waals surface area contributed by atoms with Crippen LogP contribution in [-0.2, 0) is 38.0 Å². The SMILES string of the molecule is CC(=O)OC1C(OCC2OC(OCC=C(C)CCC=C(C)CCC=C(C)CO)C(O)C(O)C2O)OC(C)C(O)C1OC(C)=O. The first kappa shape index (κ1) is 38.0. The summed E-state index contributed by atoms with van der Waals surface area (Å²) in [6.45, 7) is 9.49. The van der Waals surface area contributed by atoms with Gasteiger partial charge in [-0.15, -0.1) is 0 Å². The predicted octanol–water partition coefficient (Wildman–Crippen LogP) is 1.19. The number of allylic oxidation sites excluding steroid dienone is 4. The van der Waals surface area contributed by atoms with Crippen LogP contribution in [0.25, 0.3) is 0 Å². The molecule has 13 nitrogen and oxygen atoms in total. The van der Waals surface area contributed by atoms with Crippen LogP contribution in [0.15, 0.2) is 34.9 Å². The molecule has 5 N–H and O–H groups in total. The maximum absolute atomic E-state index is 11.7. The van der Waals surface area contributed by atoms with E-state index in [0.717, 1.165) is 50.7 Å². The van der Waals surface area contributed by atoms with E-state index in [9.17, 15) is 30.0 Å². The molecule has 0 spiro atoms. The molecular formula is C31H50O13. The van der Waals surface area contributed by atoms with Gasteiger partial charge in [0.2, 0.25) is 0 Å². The van der Waals surface area contributed by atoms with Gasteiger partial charge in [-0.25, -0.2) is 0 Å². The lowest BCUT2D eigenvalue weighted by atomic mass is 9.98. The van der Waals surface area contributed by atoms with Crippen molar-refractivity contribution in [3.63, 3.8) is 0 Å². The molecule has 44 heavy (non-hydrogen) atoms. The third-order valence-corrected chi connectivity index (χ3v) is 7.46. The summed E-state index contributed by atoms with van der Waals surface area (Å²) in [5.74, 6) is -1.45. The van der Waals surface area contributed by atoms with Crippen LogP contribution in [0.3, 0.4) is 0 Å². The Hall–Kier alpha value is -2.20. The highest BCUT2D eigenvalue weighted by Crippen LogP contribution is 2.29. The maximum Gasteiger partial charge on any atom is 0.303 e. The monoisotopic (exact) mass is 630 g/mol. The minimum Gasteiger partial charge on any atom is -0.455 e. The van der Waals surface area contributed by atoms with Gasteiger partial charge in [0.05, 0.1) is 25.9 Å². The first-order valence-electron chi connectivity index (χ1n) is 14.9. The van der Waals surface area contributed by atoms with Crippen LogP contribution in [0.5, 0.6) is 0 Å². The summed E-state index contributed by atoms with van der Waals surface area (Å²) in [7, 11) is 0. The predicted molar refractivity (Wildman–Crippen MR) is 157 cm³/mol. The average molecular weight is 631 g/mol. The molecule has 0 amide bonds. The Morgan fingerprint density at radius 1 is 0.682 bits per heavy atom. The van der Waals surface area contributed by atoms with Gasteiger partial charge in [-0.1, -0.05) is 34.9 Å². The Morgan fingerprint density at radius 2 is 1.25 bits per heavy atom. The van der Waals surface area contributed by atoms with Crippen molar-refractivity contribution in [1.29, 1.82) is 0 Å². The molecule has 0 radical (unpaired) electrons. The van der Waals surface area contributed by atoms with E-state index in [4.69, 9.17) is 33.5 Å². The number of carbonyl (C=O) groups excluding carboxylic acids is 2. The van der Waals surface area contributed by atoms with E-state index in [1.54, 1.807) is 0 Å². The molecule has 0 bridgehead atoms. The lowest BCUT2D eigenvalue weighted by Crippen LogP contribution is -2.62. The Kier molecular flexibility index (Phi) is 16.1. The third kappa shape index (κ3) is 12.0. The van der Waals surface area contributed by atoms with Gasteiger partial charge >= 0.3 is 11.9 Å². The van der Waals surface area contributed by atoms with Crippen LogP contribution in [-0.4, -0.2) is 119 Å². The van der Waals surface area contributed by atoms with Gasteiger partial charge in [-0.3, -0.25) is 9.59 Å². The van der Waals surface area contributed by atoms with Crippen molar-refractivity contribution in [1.82, 2.24) is 0 Å². The molecule has 0 aromatic heterocycles. The minimum absolute atomic E-state index is 0.0731. The highest BCUT2D eigenvalue weighted by atomic mass is 16.7. The molecule has 252 valence electrons. The Balaban J connectivity index is 1.95. The van der Waals surface area contributed by atoms with E-state index in [-0.39, 0.29) is 13.2 Å². The summed E-state index contributed by atoms with van der Waals surface area (Å²) in [5.41, 5.74) is 3.28. The van der Waals surface area contributed by atoms with Crippen LogP contribution in [0.1, 0.15) is 67.2 Å². The van der Waals surface area contributed by atoms with E-state index in [0.29, 0.717) is 0 Å². The molecule has 0 aliphatic carbocycles. The number of aliphatic hydroxyl groups is 5. The van der Waals surface area contributed by atoms with Gasteiger partial charge < -0.3 is 54.0 Å². The van der Waals surface area contributed by atoms with Gasteiger partial charge in [0.25, 0.3) is 0 Å². The zero-order valence-corrected chi connectivity index (χ0v) is 26.5. The van der Waals surface area contributed by atoms with Crippen molar-refractivity contribution in [2.45, 2.75) is 129 Å². The Bertz CT molecular complexity index is 1010. The van der Waals surface area contributed by atoms with Crippen LogP contribution < -0.4 is 0 Å². The molecule has 2 fully saturated rings. The van der Waals surface area contributed by atoms with Crippen molar-refractivity contribution in [2.75, 3.05) is 19.8 Å².